The highest BCUT2D eigenvalue weighted by Gasteiger charge is 2.08. The number of nitrogens with one attached hydrogen (secondary N) is 2. The number of carbonyl (C=O) groups excluding carboxylic acids is 1. The van der Waals surface area contributed by atoms with Crippen LogP contribution in [0.2, 0.25) is 5.02 Å². The Morgan fingerprint density at radius 3 is 2.78 bits per heavy atom. The van der Waals surface area contributed by atoms with Gasteiger partial charge in [0.1, 0.15) is 5.82 Å². The van der Waals surface area contributed by atoms with Gasteiger partial charge in [0.05, 0.1) is 15.2 Å². The molecule has 23 heavy (non-hydrogen) atoms. The predicted octanol–water partition coefficient (Wildman–Crippen LogP) is 4.27. The first kappa shape index (κ1) is 17.7. The quantitative estimate of drug-likeness (QED) is 0.733. The molecule has 2 rings (SSSR count). The van der Waals surface area contributed by atoms with Gasteiger partial charge in [0.25, 0.3) is 0 Å². The number of nitrogens with zero attached hydrogens (tertiary/aromatic N) is 2. The summed E-state index contributed by atoms with van der Waals surface area (Å²) >= 11 is 9.14. The molecule has 0 aliphatic carbocycles. The van der Waals surface area contributed by atoms with Crippen LogP contribution in [-0.2, 0) is 6.54 Å². The van der Waals surface area contributed by atoms with Crippen molar-refractivity contribution in [3.63, 3.8) is 0 Å². The average Bonchev–Trinajstić information content (AvgIpc) is 2.75. The van der Waals surface area contributed by atoms with E-state index in [4.69, 9.17) is 11.6 Å². The van der Waals surface area contributed by atoms with Crippen molar-refractivity contribution in [2.45, 2.75) is 26.8 Å². The number of aromatic nitrogens is 2. The molecule has 0 unspecified atom stereocenters. The normalized spacial score (nSPS) is 10.7. The number of hydrogen-bond donors (Lipinski definition) is 2. The molecule has 1 heterocycles. The minimum Gasteiger partial charge on any atom is -0.338 e. The average molecular weight is 404 g/mol. The van der Waals surface area contributed by atoms with Crippen molar-refractivity contribution in [1.29, 1.82) is 0 Å². The van der Waals surface area contributed by atoms with Crippen molar-refractivity contribution < 1.29 is 9.18 Å². The lowest BCUT2D eigenvalue weighted by Crippen LogP contribution is -2.30. The molecule has 0 atom stereocenters. The summed E-state index contributed by atoms with van der Waals surface area (Å²) in [7, 11) is 0. The molecule has 2 amide bonds. The SMILES string of the molecule is Cc1nn(CCCNC(=O)Nc2ccc(F)c(Cl)c2)c(C)c1Br. The zero-order chi connectivity index (χ0) is 17.0. The van der Waals surface area contributed by atoms with E-state index in [1.54, 1.807) is 0 Å². The van der Waals surface area contributed by atoms with Gasteiger partial charge in [0.15, 0.2) is 0 Å². The van der Waals surface area contributed by atoms with E-state index in [-0.39, 0.29) is 11.1 Å². The summed E-state index contributed by atoms with van der Waals surface area (Å²) in [5.41, 5.74) is 2.45. The van der Waals surface area contributed by atoms with Crippen molar-refractivity contribution in [2.24, 2.45) is 0 Å². The standard InChI is InChI=1S/C15H17BrClFN4O/c1-9-14(16)10(2)22(21-9)7-3-6-19-15(23)20-11-4-5-13(18)12(17)8-11/h4-5,8H,3,6-7H2,1-2H3,(H2,19,20,23). The van der Waals surface area contributed by atoms with Crippen LogP contribution < -0.4 is 10.6 Å². The Labute approximate surface area is 147 Å². The van der Waals surface area contributed by atoms with Gasteiger partial charge in [-0.15, -0.1) is 0 Å². The molecular weight excluding hydrogens is 387 g/mol. The van der Waals surface area contributed by atoms with Gasteiger partial charge >= 0.3 is 6.03 Å². The number of urea groups is 1. The first-order valence-electron chi connectivity index (χ1n) is 7.08. The molecule has 0 radical (unpaired) electrons. The van der Waals surface area contributed by atoms with Gasteiger partial charge < -0.3 is 10.6 Å². The maximum atomic E-state index is 13.0. The van der Waals surface area contributed by atoms with Crippen LogP contribution in [0.1, 0.15) is 17.8 Å². The zero-order valence-corrected chi connectivity index (χ0v) is 15.1. The van der Waals surface area contributed by atoms with Gasteiger partial charge in [-0.05, 0) is 54.4 Å². The van der Waals surface area contributed by atoms with Crippen LogP contribution in [-0.4, -0.2) is 22.4 Å². The van der Waals surface area contributed by atoms with Crippen LogP contribution >= 0.6 is 27.5 Å². The van der Waals surface area contributed by atoms with Crippen LogP contribution in [0.3, 0.4) is 0 Å². The topological polar surface area (TPSA) is 59.0 Å². The fraction of sp³-hybridized carbons (Fsp3) is 0.333. The lowest BCUT2D eigenvalue weighted by Gasteiger charge is -2.09. The van der Waals surface area contributed by atoms with Gasteiger partial charge in [-0.2, -0.15) is 5.10 Å². The van der Waals surface area contributed by atoms with Crippen molar-refractivity contribution in [3.05, 3.63) is 44.9 Å². The van der Waals surface area contributed by atoms with E-state index < -0.39 is 5.82 Å². The summed E-state index contributed by atoms with van der Waals surface area (Å²) in [5.74, 6) is -0.520. The molecular formula is C15H17BrClFN4O. The summed E-state index contributed by atoms with van der Waals surface area (Å²) in [6.07, 6.45) is 0.742. The van der Waals surface area contributed by atoms with Crippen molar-refractivity contribution in [3.8, 4) is 0 Å². The molecule has 1 aromatic heterocycles. The van der Waals surface area contributed by atoms with Gasteiger partial charge in [-0.25, -0.2) is 9.18 Å². The van der Waals surface area contributed by atoms with Crippen molar-refractivity contribution in [1.82, 2.24) is 15.1 Å². The number of benzene rings is 1. The number of anilines is 1. The van der Waals surface area contributed by atoms with Crippen molar-refractivity contribution in [2.75, 3.05) is 11.9 Å². The summed E-state index contributed by atoms with van der Waals surface area (Å²) < 4.78 is 15.9. The second-order valence-electron chi connectivity index (χ2n) is 5.07. The molecule has 0 saturated carbocycles. The maximum absolute atomic E-state index is 13.0. The van der Waals surface area contributed by atoms with Crippen LogP contribution in [0.5, 0.6) is 0 Å². The van der Waals surface area contributed by atoms with Gasteiger partial charge in [0, 0.05) is 24.5 Å². The number of carbonyl (C=O) groups is 1. The fourth-order valence-corrected chi connectivity index (χ4v) is 2.54. The molecule has 124 valence electrons. The molecule has 0 aliphatic heterocycles. The maximum Gasteiger partial charge on any atom is 0.319 e. The lowest BCUT2D eigenvalue weighted by molar-refractivity contribution is 0.251. The number of aryl methyl sites for hydroxylation is 2. The molecule has 0 bridgehead atoms. The smallest absolute Gasteiger partial charge is 0.319 e. The summed E-state index contributed by atoms with van der Waals surface area (Å²) in [5, 5.41) is 9.71. The molecule has 0 saturated heterocycles. The van der Waals surface area contributed by atoms with Crippen LogP contribution in [0.4, 0.5) is 14.9 Å². The second kappa shape index (κ2) is 7.79. The third-order valence-corrected chi connectivity index (χ3v) is 4.74. The Balaban J connectivity index is 1.76. The van der Waals surface area contributed by atoms with E-state index in [1.807, 2.05) is 18.5 Å². The monoisotopic (exact) mass is 402 g/mol. The largest absolute Gasteiger partial charge is 0.338 e. The summed E-state index contributed by atoms with van der Waals surface area (Å²) in [4.78, 5) is 11.8. The van der Waals surface area contributed by atoms with Gasteiger partial charge in [0.2, 0.25) is 0 Å². The highest BCUT2D eigenvalue weighted by molar-refractivity contribution is 9.10. The molecule has 8 heteroatoms. The van der Waals surface area contributed by atoms with Crippen molar-refractivity contribution >= 4 is 39.2 Å². The lowest BCUT2D eigenvalue weighted by atomic mass is 10.3. The molecule has 0 spiro atoms. The number of amides is 2. The van der Waals surface area contributed by atoms with E-state index in [2.05, 4.69) is 31.7 Å². The highest BCUT2D eigenvalue weighted by Crippen LogP contribution is 2.20. The Morgan fingerprint density at radius 2 is 2.17 bits per heavy atom. The van der Waals surface area contributed by atoms with E-state index >= 15 is 0 Å². The van der Waals surface area contributed by atoms with E-state index in [1.165, 1.54) is 18.2 Å². The number of rotatable bonds is 5. The summed E-state index contributed by atoms with van der Waals surface area (Å²) in [6.45, 7) is 5.13. The molecule has 5 nitrogen and oxygen atoms in total. The zero-order valence-electron chi connectivity index (χ0n) is 12.8. The van der Waals surface area contributed by atoms with Gasteiger partial charge in [-0.3, -0.25) is 4.68 Å². The van der Waals surface area contributed by atoms with E-state index in [9.17, 15) is 9.18 Å². The minimum atomic E-state index is -0.520. The Hall–Kier alpha value is -1.60. The number of hydrogen-bond acceptors (Lipinski definition) is 2. The Kier molecular flexibility index (Phi) is 6.01. The molecule has 0 fully saturated rings. The van der Waals surface area contributed by atoms with Crippen LogP contribution in [0.15, 0.2) is 22.7 Å². The van der Waals surface area contributed by atoms with Crippen LogP contribution in [0, 0.1) is 19.7 Å². The summed E-state index contributed by atoms with van der Waals surface area (Å²) in [6, 6.07) is 3.67. The molecule has 0 aliphatic rings. The Bertz CT molecular complexity index is 720. The van der Waals surface area contributed by atoms with Gasteiger partial charge in [-0.1, -0.05) is 11.6 Å². The molecule has 2 N–H and O–H groups in total. The fourth-order valence-electron chi connectivity index (χ4n) is 2.07. The molecule has 1 aromatic carbocycles. The first-order valence-corrected chi connectivity index (χ1v) is 8.25. The molecule has 2 aromatic rings. The third kappa shape index (κ3) is 4.68. The highest BCUT2D eigenvalue weighted by atomic mass is 79.9. The van der Waals surface area contributed by atoms with E-state index in [0.717, 1.165) is 22.3 Å². The second-order valence-corrected chi connectivity index (χ2v) is 6.27. The van der Waals surface area contributed by atoms with E-state index in [0.29, 0.717) is 18.8 Å². The Morgan fingerprint density at radius 1 is 1.43 bits per heavy atom. The third-order valence-electron chi connectivity index (χ3n) is 3.30. The minimum absolute atomic E-state index is 0.0297. The first-order chi connectivity index (χ1) is 10.9. The number of halogens is 3. The van der Waals surface area contributed by atoms with Crippen LogP contribution in [0.25, 0.3) is 0 Å². The predicted molar refractivity (Wildman–Crippen MR) is 92.4 cm³/mol.